The fourth-order valence-corrected chi connectivity index (χ4v) is 8.57. The van der Waals surface area contributed by atoms with Crippen molar-refractivity contribution in [2.24, 2.45) is 28.7 Å². The van der Waals surface area contributed by atoms with E-state index in [9.17, 15) is 29.0 Å². The topological polar surface area (TPSA) is 153 Å². The molecular weight excluding hydrogens is 723 g/mol. The first-order valence-electron chi connectivity index (χ1n) is 19.8. The average molecular weight is 787 g/mol. The Morgan fingerprint density at radius 2 is 1.77 bits per heavy atom. The summed E-state index contributed by atoms with van der Waals surface area (Å²) in [6.45, 7) is 15.0. The SMILES string of the molecule is CC[C@@H]1OC(=O)[C@H](C)C(=O)[C@H](C)C(O[C@@H]2O[C@H](C)C[C@H](N(C)C)C2O)[C@@]2(C)CC(C)C(=NC(C)=O)C(C)C(OC/C(=C/C=C/c3ccccc3F)CO2)[C@]1(C)O. The number of allylic oxidation sites excluding steroid dienone is 2. The van der Waals surface area contributed by atoms with Gasteiger partial charge in [-0.15, -0.1) is 0 Å². The summed E-state index contributed by atoms with van der Waals surface area (Å²) in [5.74, 6) is -5.64. The molecule has 4 rings (SSSR count). The lowest BCUT2D eigenvalue weighted by atomic mass is 9.73. The van der Waals surface area contributed by atoms with Crippen molar-refractivity contribution in [2.75, 3.05) is 27.3 Å². The average Bonchev–Trinajstić information content (AvgIpc) is 3.14. The number of hydrogen-bond acceptors (Lipinski definition) is 11. The highest BCUT2D eigenvalue weighted by molar-refractivity contribution is 6.00. The van der Waals surface area contributed by atoms with Crippen molar-refractivity contribution in [2.45, 2.75) is 136 Å². The summed E-state index contributed by atoms with van der Waals surface area (Å²) in [7, 11) is 3.73. The predicted molar refractivity (Wildman–Crippen MR) is 210 cm³/mol. The number of nitrogens with zero attached hydrogens (tertiary/aromatic N) is 2. The quantitative estimate of drug-likeness (QED) is 0.284. The second-order valence-electron chi connectivity index (χ2n) is 16.6. The van der Waals surface area contributed by atoms with Crippen molar-refractivity contribution in [1.82, 2.24) is 4.90 Å². The van der Waals surface area contributed by atoms with Gasteiger partial charge in [-0.3, -0.25) is 14.4 Å². The third-order valence-electron chi connectivity index (χ3n) is 11.7. The van der Waals surface area contributed by atoms with Crippen LogP contribution in [0.5, 0.6) is 0 Å². The number of aliphatic imine (C=N–C) groups is 1. The first kappa shape index (κ1) is 45.5. The molecule has 5 unspecified atom stereocenters. The van der Waals surface area contributed by atoms with E-state index in [1.54, 1.807) is 57.2 Å². The maximum Gasteiger partial charge on any atom is 0.316 e. The van der Waals surface area contributed by atoms with Gasteiger partial charge in [0, 0.05) is 36.1 Å². The van der Waals surface area contributed by atoms with Crippen LogP contribution >= 0.6 is 0 Å². The van der Waals surface area contributed by atoms with Gasteiger partial charge in [-0.1, -0.05) is 64.1 Å². The van der Waals surface area contributed by atoms with Crippen LogP contribution in [0, 0.1) is 29.5 Å². The van der Waals surface area contributed by atoms with Gasteiger partial charge in [-0.05, 0) is 78.6 Å². The second-order valence-corrected chi connectivity index (χ2v) is 16.6. The fourth-order valence-electron chi connectivity index (χ4n) is 8.57. The number of aliphatic hydroxyl groups excluding tert-OH is 1. The number of ether oxygens (including phenoxy) is 5. The van der Waals surface area contributed by atoms with Crippen molar-refractivity contribution in [3.8, 4) is 0 Å². The number of fused-ring (bicyclic) bond motifs is 5. The molecular formula is C43H63FN2O10. The maximum atomic E-state index is 14.6. The minimum Gasteiger partial charge on any atom is -0.459 e. The van der Waals surface area contributed by atoms with Crippen molar-refractivity contribution >= 4 is 29.4 Å². The number of likely N-dealkylation sites (N-methyl/N-ethyl adjacent to an activating group) is 1. The largest absolute Gasteiger partial charge is 0.459 e. The third kappa shape index (κ3) is 10.5. The van der Waals surface area contributed by atoms with Gasteiger partial charge < -0.3 is 38.8 Å². The summed E-state index contributed by atoms with van der Waals surface area (Å²) in [5.41, 5.74) is -1.80. The Morgan fingerprint density at radius 1 is 1.09 bits per heavy atom. The Hall–Kier alpha value is -3.17. The van der Waals surface area contributed by atoms with Crippen LogP contribution in [0.2, 0.25) is 0 Å². The molecule has 12 nitrogen and oxygen atoms in total. The van der Waals surface area contributed by atoms with Gasteiger partial charge in [0.15, 0.2) is 12.1 Å². The minimum absolute atomic E-state index is 0.0545. The number of ketones is 1. The minimum atomic E-state index is -1.83. The van der Waals surface area contributed by atoms with Crippen LogP contribution in [-0.4, -0.2) is 120 Å². The van der Waals surface area contributed by atoms with Crippen molar-refractivity contribution in [1.29, 1.82) is 0 Å². The number of rotatable bonds is 6. The standard InChI is InChI=1S/C43H63FN2O10/c1-12-34-43(9,51)39-26(4)35(45-29(7)47)24(2)21-42(8,53-23-30(22-52-39)16-15-18-31-17-13-14-19-32(31)44)38(27(5)36(48)28(6)40(50)55-34)56-41-37(49)33(46(10)11)20-25(3)54-41/h13-19,24-28,33-34,37-39,41,49,51H,12,20-23H2,1-11H3/b18-15+,30-16-,45-35?/t24?,25-,26?,27+,28-,33+,34+,37?,38?,39?,41+,42-,43-/m1/s1. The Bertz CT molecular complexity index is 1640. The van der Waals surface area contributed by atoms with Crippen LogP contribution in [0.1, 0.15) is 87.1 Å². The highest BCUT2D eigenvalue weighted by Crippen LogP contribution is 2.40. The van der Waals surface area contributed by atoms with Gasteiger partial charge in [0.2, 0.25) is 5.91 Å². The first-order valence-corrected chi connectivity index (χ1v) is 19.8. The number of cyclic esters (lactones) is 1. The highest BCUT2D eigenvalue weighted by Gasteiger charge is 2.53. The molecule has 0 aromatic heterocycles. The molecule has 0 spiro atoms. The molecule has 0 radical (unpaired) electrons. The number of benzene rings is 1. The molecule has 56 heavy (non-hydrogen) atoms. The van der Waals surface area contributed by atoms with Crippen LogP contribution < -0.4 is 0 Å². The number of esters is 1. The zero-order chi connectivity index (χ0) is 41.7. The van der Waals surface area contributed by atoms with E-state index in [1.165, 1.54) is 26.8 Å². The molecule has 1 amide bonds. The summed E-state index contributed by atoms with van der Waals surface area (Å²) < 4.78 is 47.0. The van der Waals surface area contributed by atoms with E-state index in [1.807, 2.05) is 39.8 Å². The van der Waals surface area contributed by atoms with E-state index in [-0.39, 0.29) is 38.2 Å². The Kier molecular flexibility index (Phi) is 15.5. The van der Waals surface area contributed by atoms with E-state index in [4.69, 9.17) is 23.7 Å². The van der Waals surface area contributed by atoms with Gasteiger partial charge in [0.05, 0.1) is 37.1 Å². The predicted octanol–water partition coefficient (Wildman–Crippen LogP) is 5.33. The number of carbonyl (C=O) groups is 3. The summed E-state index contributed by atoms with van der Waals surface area (Å²) in [6.07, 6.45) is 0.0569. The lowest BCUT2D eigenvalue weighted by Crippen LogP contribution is -2.60. The van der Waals surface area contributed by atoms with Crippen molar-refractivity contribution in [3.05, 3.63) is 53.4 Å². The fraction of sp³-hybridized carbons (Fsp3) is 0.674. The first-order chi connectivity index (χ1) is 26.2. The molecule has 0 aliphatic carbocycles. The summed E-state index contributed by atoms with van der Waals surface area (Å²) >= 11 is 0. The van der Waals surface area contributed by atoms with E-state index >= 15 is 0 Å². The normalized spacial score (nSPS) is 39.7. The Balaban J connectivity index is 1.98. The smallest absolute Gasteiger partial charge is 0.316 e. The van der Waals surface area contributed by atoms with Crippen molar-refractivity contribution < 1.29 is 52.7 Å². The monoisotopic (exact) mass is 786 g/mol. The van der Waals surface area contributed by atoms with Crippen LogP contribution in [0.15, 0.2) is 47.0 Å². The maximum absolute atomic E-state index is 14.6. The molecule has 13 heteroatoms. The molecule has 2 N–H and O–H groups in total. The number of amides is 1. The number of Topliss-reactive ketones (excluding diaryl/α,β-unsaturated/α-hetero) is 1. The summed E-state index contributed by atoms with van der Waals surface area (Å²) in [6, 6.07) is 6.04. The Morgan fingerprint density at radius 3 is 2.39 bits per heavy atom. The zero-order valence-electron chi connectivity index (χ0n) is 34.9. The van der Waals surface area contributed by atoms with E-state index < -0.39 is 89.1 Å². The van der Waals surface area contributed by atoms with Gasteiger partial charge in [0.25, 0.3) is 0 Å². The van der Waals surface area contributed by atoms with Crippen LogP contribution in [0.25, 0.3) is 6.08 Å². The van der Waals surface area contributed by atoms with Crippen molar-refractivity contribution in [3.63, 3.8) is 0 Å². The lowest BCUT2D eigenvalue weighted by Gasteiger charge is -2.47. The molecule has 3 saturated heterocycles. The molecule has 13 atom stereocenters. The number of halogens is 1. The second kappa shape index (κ2) is 19.1. The molecule has 3 aliphatic heterocycles. The highest BCUT2D eigenvalue weighted by atomic mass is 19.1. The van der Waals surface area contributed by atoms with E-state index in [0.29, 0.717) is 23.3 Å². The number of aliphatic hydroxyl groups is 2. The van der Waals surface area contributed by atoms with Gasteiger partial charge in [0.1, 0.15) is 29.5 Å². The molecule has 3 aliphatic rings. The van der Waals surface area contributed by atoms with Crippen LogP contribution in [-0.2, 0) is 38.1 Å². The summed E-state index contributed by atoms with van der Waals surface area (Å²) in [5, 5.41) is 24.0. The van der Waals surface area contributed by atoms with Gasteiger partial charge in [-0.25, -0.2) is 9.38 Å². The molecule has 2 bridgehead atoms. The molecule has 3 fully saturated rings. The van der Waals surface area contributed by atoms with Crippen LogP contribution in [0.4, 0.5) is 4.39 Å². The number of hydrogen-bond donors (Lipinski definition) is 2. The van der Waals surface area contributed by atoms with E-state index in [2.05, 4.69) is 4.99 Å². The number of carbonyl (C=O) groups excluding carboxylic acids is 3. The Labute approximate surface area is 331 Å². The molecule has 1 aromatic rings. The third-order valence-corrected chi connectivity index (χ3v) is 11.7. The lowest BCUT2D eigenvalue weighted by molar-refractivity contribution is -0.296. The van der Waals surface area contributed by atoms with Gasteiger partial charge in [-0.2, -0.15) is 0 Å². The van der Waals surface area contributed by atoms with E-state index in [0.717, 1.165) is 0 Å². The molecule has 0 saturated carbocycles. The molecule has 312 valence electrons. The molecule has 1 aromatic carbocycles. The zero-order valence-corrected chi connectivity index (χ0v) is 34.9. The van der Waals surface area contributed by atoms with Gasteiger partial charge >= 0.3 is 5.97 Å². The summed E-state index contributed by atoms with van der Waals surface area (Å²) in [4.78, 5) is 47.4. The molecule has 3 heterocycles. The van der Waals surface area contributed by atoms with Crippen LogP contribution in [0.3, 0.4) is 0 Å².